The van der Waals surface area contributed by atoms with Crippen LogP contribution in [-0.2, 0) is 13.1 Å². The topological polar surface area (TPSA) is 59.7 Å². The van der Waals surface area contributed by atoms with Gasteiger partial charge in [-0.1, -0.05) is 35.9 Å². The minimum Gasteiger partial charge on any atom is -0.362 e. The van der Waals surface area contributed by atoms with E-state index in [0.29, 0.717) is 10.1 Å². The van der Waals surface area contributed by atoms with Gasteiger partial charge in [0.1, 0.15) is 0 Å². The molecule has 2 heterocycles. The summed E-state index contributed by atoms with van der Waals surface area (Å²) in [5, 5.41) is 16.4. The Morgan fingerprint density at radius 1 is 1.15 bits per heavy atom. The van der Waals surface area contributed by atoms with Crippen molar-refractivity contribution in [3.63, 3.8) is 0 Å². The molecule has 142 valence electrons. The van der Waals surface area contributed by atoms with E-state index in [4.69, 9.17) is 23.8 Å². The number of thiocarbonyl (C=S) groups is 1. The van der Waals surface area contributed by atoms with Gasteiger partial charge in [0.2, 0.25) is 0 Å². The summed E-state index contributed by atoms with van der Waals surface area (Å²) in [6, 6.07) is 10.2. The average molecular weight is 403 g/mol. The lowest BCUT2D eigenvalue weighted by Gasteiger charge is -2.09. The molecule has 0 fully saturated rings. The summed E-state index contributed by atoms with van der Waals surface area (Å²) >= 11 is 11.3. The molecule has 0 saturated carbocycles. The van der Waals surface area contributed by atoms with E-state index in [2.05, 4.69) is 39.9 Å². The van der Waals surface area contributed by atoms with E-state index in [1.54, 1.807) is 0 Å². The number of benzene rings is 1. The number of aromatic nitrogens is 4. The van der Waals surface area contributed by atoms with Gasteiger partial charge in [-0.25, -0.2) is 0 Å². The van der Waals surface area contributed by atoms with E-state index < -0.39 is 0 Å². The van der Waals surface area contributed by atoms with Gasteiger partial charge in [-0.2, -0.15) is 10.2 Å². The Morgan fingerprint density at radius 2 is 1.96 bits per heavy atom. The van der Waals surface area contributed by atoms with Crippen LogP contribution in [0.4, 0.5) is 5.82 Å². The zero-order valence-corrected chi connectivity index (χ0v) is 17.0. The molecule has 0 radical (unpaired) electrons. The summed E-state index contributed by atoms with van der Waals surface area (Å²) in [7, 11) is 0. The molecule has 3 rings (SSSR count). The lowest BCUT2D eigenvalue weighted by atomic mass is 10.1. The normalized spacial score (nSPS) is 10.8. The Bertz CT molecular complexity index is 897. The van der Waals surface area contributed by atoms with E-state index in [-0.39, 0.29) is 0 Å². The number of anilines is 1. The van der Waals surface area contributed by atoms with Crippen molar-refractivity contribution in [1.29, 1.82) is 0 Å². The molecule has 27 heavy (non-hydrogen) atoms. The molecule has 0 aliphatic carbocycles. The summed E-state index contributed by atoms with van der Waals surface area (Å²) in [6.45, 7) is 6.27. The fourth-order valence-corrected chi connectivity index (χ4v) is 3.05. The van der Waals surface area contributed by atoms with Crippen LogP contribution in [0.25, 0.3) is 0 Å². The quantitative estimate of drug-likeness (QED) is 0.465. The monoisotopic (exact) mass is 402 g/mol. The van der Waals surface area contributed by atoms with Crippen molar-refractivity contribution in [2.24, 2.45) is 0 Å². The van der Waals surface area contributed by atoms with Gasteiger partial charge in [0.05, 0.1) is 17.3 Å². The van der Waals surface area contributed by atoms with Crippen LogP contribution in [0.2, 0.25) is 5.02 Å². The standard InChI is InChI=1S/C19H23ClN6S/c1-14-6-3-4-7-16(14)12-26-11-8-18(24-26)22-19(27)21-9-5-10-25-13-17(20)15(2)23-25/h3-4,6-8,11,13H,5,9-10,12H2,1-2H3,(H2,21,22,24,27). The summed E-state index contributed by atoms with van der Waals surface area (Å²) < 4.78 is 3.75. The molecule has 2 N–H and O–H groups in total. The van der Waals surface area contributed by atoms with E-state index in [1.807, 2.05) is 46.9 Å². The van der Waals surface area contributed by atoms with E-state index in [0.717, 1.165) is 37.6 Å². The molecule has 0 bridgehead atoms. The first-order chi connectivity index (χ1) is 13.0. The van der Waals surface area contributed by atoms with E-state index in [9.17, 15) is 0 Å². The minimum absolute atomic E-state index is 0.561. The van der Waals surface area contributed by atoms with Gasteiger partial charge >= 0.3 is 0 Å². The summed E-state index contributed by atoms with van der Waals surface area (Å²) in [6.07, 6.45) is 4.68. The largest absolute Gasteiger partial charge is 0.362 e. The molecular weight excluding hydrogens is 380 g/mol. The summed E-state index contributed by atoms with van der Waals surface area (Å²) in [5.74, 6) is 0.732. The van der Waals surface area contributed by atoms with Crippen molar-refractivity contribution in [3.05, 3.63) is 64.6 Å². The van der Waals surface area contributed by atoms with Crippen molar-refractivity contribution in [2.75, 3.05) is 11.9 Å². The Kier molecular flexibility index (Phi) is 6.47. The molecule has 2 aromatic heterocycles. The second-order valence-electron chi connectivity index (χ2n) is 6.39. The molecule has 0 saturated heterocycles. The number of hydrogen-bond donors (Lipinski definition) is 2. The number of aryl methyl sites for hydroxylation is 3. The maximum Gasteiger partial charge on any atom is 0.171 e. The van der Waals surface area contributed by atoms with Crippen LogP contribution < -0.4 is 10.6 Å². The molecule has 0 atom stereocenters. The highest BCUT2D eigenvalue weighted by Crippen LogP contribution is 2.12. The van der Waals surface area contributed by atoms with Gasteiger partial charge in [0.15, 0.2) is 10.9 Å². The van der Waals surface area contributed by atoms with Gasteiger partial charge in [-0.05, 0) is 43.6 Å². The number of nitrogens with zero attached hydrogens (tertiary/aromatic N) is 4. The number of hydrogen-bond acceptors (Lipinski definition) is 3. The molecular formula is C19H23ClN6S. The molecule has 0 unspecified atom stereocenters. The van der Waals surface area contributed by atoms with Crippen molar-refractivity contribution in [3.8, 4) is 0 Å². The van der Waals surface area contributed by atoms with Crippen LogP contribution in [-0.4, -0.2) is 31.2 Å². The fourth-order valence-electron chi connectivity index (χ4n) is 2.69. The first-order valence-corrected chi connectivity index (χ1v) is 9.62. The predicted octanol–water partition coefficient (Wildman–Crippen LogP) is 3.77. The summed E-state index contributed by atoms with van der Waals surface area (Å²) in [4.78, 5) is 0. The highest BCUT2D eigenvalue weighted by atomic mass is 35.5. The fraction of sp³-hybridized carbons (Fsp3) is 0.316. The Hall–Kier alpha value is -2.38. The molecule has 6 nitrogen and oxygen atoms in total. The van der Waals surface area contributed by atoms with Crippen molar-refractivity contribution in [2.45, 2.75) is 33.4 Å². The molecule has 8 heteroatoms. The maximum atomic E-state index is 6.01. The van der Waals surface area contributed by atoms with Gasteiger partial charge in [0.25, 0.3) is 0 Å². The highest BCUT2D eigenvalue weighted by molar-refractivity contribution is 7.80. The number of rotatable bonds is 7. The van der Waals surface area contributed by atoms with E-state index >= 15 is 0 Å². The lowest BCUT2D eigenvalue weighted by Crippen LogP contribution is -2.30. The van der Waals surface area contributed by atoms with Gasteiger partial charge in [-0.15, -0.1) is 0 Å². The second kappa shape index (κ2) is 9.01. The first kappa shape index (κ1) is 19.4. The van der Waals surface area contributed by atoms with Gasteiger partial charge in [0, 0.05) is 31.5 Å². The molecule has 0 aliphatic heterocycles. The minimum atomic E-state index is 0.561. The third-order valence-electron chi connectivity index (χ3n) is 4.21. The van der Waals surface area contributed by atoms with Crippen LogP contribution in [0.15, 0.2) is 42.7 Å². The molecule has 0 spiro atoms. The number of nitrogens with one attached hydrogen (secondary N) is 2. The smallest absolute Gasteiger partial charge is 0.171 e. The molecule has 0 aliphatic rings. The molecule has 1 aromatic carbocycles. The third kappa shape index (κ3) is 5.55. The SMILES string of the molecule is Cc1ccccc1Cn1ccc(NC(=S)NCCCn2cc(Cl)c(C)n2)n1. The molecule has 0 amide bonds. The van der Waals surface area contributed by atoms with Crippen LogP contribution in [0.3, 0.4) is 0 Å². The zero-order valence-electron chi connectivity index (χ0n) is 15.4. The number of halogens is 1. The maximum absolute atomic E-state index is 6.01. The van der Waals surface area contributed by atoms with Crippen LogP contribution in [0, 0.1) is 13.8 Å². The molecule has 3 aromatic rings. The van der Waals surface area contributed by atoms with Gasteiger partial charge in [-0.3, -0.25) is 9.36 Å². The van der Waals surface area contributed by atoms with Gasteiger partial charge < -0.3 is 10.6 Å². The van der Waals surface area contributed by atoms with Crippen LogP contribution in [0.1, 0.15) is 23.2 Å². The van der Waals surface area contributed by atoms with E-state index in [1.165, 1.54) is 11.1 Å². The van der Waals surface area contributed by atoms with Crippen LogP contribution in [0.5, 0.6) is 0 Å². The third-order valence-corrected chi connectivity index (χ3v) is 4.83. The first-order valence-electron chi connectivity index (χ1n) is 8.83. The van der Waals surface area contributed by atoms with Crippen molar-refractivity contribution >= 4 is 34.7 Å². The lowest BCUT2D eigenvalue weighted by molar-refractivity contribution is 0.570. The van der Waals surface area contributed by atoms with Crippen molar-refractivity contribution in [1.82, 2.24) is 24.9 Å². The Morgan fingerprint density at radius 3 is 2.70 bits per heavy atom. The summed E-state index contributed by atoms with van der Waals surface area (Å²) in [5.41, 5.74) is 3.36. The Labute approximate surface area is 169 Å². The van der Waals surface area contributed by atoms with Crippen LogP contribution >= 0.6 is 23.8 Å². The second-order valence-corrected chi connectivity index (χ2v) is 7.20. The predicted molar refractivity (Wildman–Crippen MR) is 113 cm³/mol. The average Bonchev–Trinajstić information content (AvgIpc) is 3.20. The highest BCUT2D eigenvalue weighted by Gasteiger charge is 2.04. The zero-order chi connectivity index (χ0) is 19.2. The Balaban J connectivity index is 1.42. The van der Waals surface area contributed by atoms with Crippen molar-refractivity contribution < 1.29 is 0 Å².